The number of halogens is 1. The molecule has 0 aromatic carbocycles. The van der Waals surface area contributed by atoms with Gasteiger partial charge in [-0.2, -0.15) is 8.62 Å². The Hall–Kier alpha value is -1.87. The van der Waals surface area contributed by atoms with Crippen molar-refractivity contribution in [3.63, 3.8) is 0 Å². The van der Waals surface area contributed by atoms with E-state index in [1.54, 1.807) is 0 Å². The van der Waals surface area contributed by atoms with E-state index in [-0.39, 0.29) is 17.0 Å². The smallest absolute Gasteiger partial charge is 0.383 e. The molecule has 0 bridgehead atoms. The van der Waals surface area contributed by atoms with Crippen LogP contribution in [0.25, 0.3) is 11.2 Å². The van der Waals surface area contributed by atoms with Gasteiger partial charge in [-0.15, -0.1) is 6.42 Å². The van der Waals surface area contributed by atoms with Crippen molar-refractivity contribution < 1.29 is 65.8 Å². The summed E-state index contributed by atoms with van der Waals surface area (Å²) < 4.78 is 66.0. The molecule has 0 amide bonds. The number of anilines is 1. The number of alkyl halides is 1. The summed E-state index contributed by atoms with van der Waals surface area (Å²) in [6.07, 6.45) is 3.00. The Morgan fingerprint density at radius 2 is 1.83 bits per heavy atom. The number of phosphoric ester groups is 1. The van der Waals surface area contributed by atoms with Crippen LogP contribution in [0.3, 0.4) is 0 Å². The molecule has 36 heavy (non-hydrogen) atoms. The normalized spacial score (nSPS) is 30.1. The minimum absolute atomic E-state index is 0.0303. The lowest BCUT2D eigenvalue weighted by Crippen LogP contribution is -2.58. The van der Waals surface area contributed by atoms with Gasteiger partial charge in [0.2, 0.25) is 5.60 Å². The van der Waals surface area contributed by atoms with Crippen LogP contribution in [-0.4, -0.2) is 79.9 Å². The molecule has 22 heteroatoms. The van der Waals surface area contributed by atoms with Crippen LogP contribution in [0.15, 0.2) is 12.7 Å². The first-order chi connectivity index (χ1) is 16.5. The second-order valence-electron chi connectivity index (χ2n) is 7.22. The summed E-state index contributed by atoms with van der Waals surface area (Å²) in [7, 11) is -17.1. The highest BCUT2D eigenvalue weighted by Crippen LogP contribution is 2.66. The molecule has 200 valence electrons. The lowest BCUT2D eigenvalue weighted by atomic mass is 9.78. The zero-order valence-corrected chi connectivity index (χ0v) is 20.3. The fourth-order valence-corrected chi connectivity index (χ4v) is 6.49. The van der Waals surface area contributed by atoms with Gasteiger partial charge in [-0.05, 0) is 0 Å². The molecular formula is C14H19FN5O13P3. The molecule has 1 fully saturated rings. The number of aromatic nitrogens is 4. The lowest BCUT2D eigenvalue weighted by molar-refractivity contribution is -0.127. The van der Waals surface area contributed by atoms with E-state index in [2.05, 4.69) is 28.1 Å². The van der Waals surface area contributed by atoms with E-state index in [1.807, 2.05) is 5.92 Å². The third-order valence-corrected chi connectivity index (χ3v) is 8.79. The number of terminal acetylenes is 1. The van der Waals surface area contributed by atoms with Gasteiger partial charge >= 0.3 is 23.5 Å². The third-order valence-electron chi connectivity index (χ3n) is 4.98. The molecule has 1 aliphatic rings. The van der Waals surface area contributed by atoms with Crippen LogP contribution in [0, 0.1) is 12.3 Å². The van der Waals surface area contributed by atoms with Crippen molar-refractivity contribution in [3.8, 4) is 12.3 Å². The third kappa shape index (κ3) is 5.52. The number of hydrogen-bond donors (Lipinski definition) is 7. The zero-order valence-electron chi connectivity index (χ0n) is 17.6. The van der Waals surface area contributed by atoms with Gasteiger partial charge in [-0.3, -0.25) is 13.5 Å². The Kier molecular flexibility index (Phi) is 7.80. The molecule has 3 rings (SSSR count). The molecule has 1 aliphatic heterocycles. The minimum atomic E-state index is -5.84. The van der Waals surface area contributed by atoms with Crippen molar-refractivity contribution in [2.24, 2.45) is 0 Å². The van der Waals surface area contributed by atoms with Gasteiger partial charge in [-0.1, -0.05) is 5.92 Å². The number of nitrogens with zero attached hydrogens (tertiary/aromatic N) is 4. The van der Waals surface area contributed by atoms with Crippen molar-refractivity contribution >= 4 is 40.4 Å². The van der Waals surface area contributed by atoms with E-state index in [0.717, 1.165) is 17.2 Å². The van der Waals surface area contributed by atoms with Crippen LogP contribution in [0.4, 0.5) is 10.2 Å². The largest absolute Gasteiger partial charge is 0.490 e. The molecule has 0 aliphatic carbocycles. The van der Waals surface area contributed by atoms with Gasteiger partial charge in [0, 0.05) is 6.42 Å². The van der Waals surface area contributed by atoms with Gasteiger partial charge in [-0.25, -0.2) is 28.6 Å². The highest BCUT2D eigenvalue weighted by molar-refractivity contribution is 7.66. The van der Waals surface area contributed by atoms with Crippen LogP contribution in [0.5, 0.6) is 0 Å². The number of imidazole rings is 1. The van der Waals surface area contributed by atoms with Crippen LogP contribution in [-0.2, 0) is 31.6 Å². The highest BCUT2D eigenvalue weighted by atomic mass is 31.3. The Morgan fingerprint density at radius 3 is 2.42 bits per heavy atom. The molecule has 2 aromatic heterocycles. The molecule has 8 N–H and O–H groups in total. The van der Waals surface area contributed by atoms with E-state index < -0.39 is 66.7 Å². The Morgan fingerprint density at radius 1 is 1.17 bits per heavy atom. The first-order valence-electron chi connectivity index (χ1n) is 9.34. The van der Waals surface area contributed by atoms with Crippen molar-refractivity contribution in [1.82, 2.24) is 19.5 Å². The second kappa shape index (κ2) is 9.78. The van der Waals surface area contributed by atoms with Crippen molar-refractivity contribution in [1.29, 1.82) is 0 Å². The van der Waals surface area contributed by atoms with Gasteiger partial charge in [0.25, 0.3) is 0 Å². The van der Waals surface area contributed by atoms with Crippen LogP contribution in [0.2, 0.25) is 0 Å². The summed E-state index contributed by atoms with van der Waals surface area (Å²) in [5.41, 5.74) is 0.287. The second-order valence-corrected chi connectivity index (χ2v) is 11.6. The molecule has 0 saturated carbocycles. The van der Waals surface area contributed by atoms with Gasteiger partial charge in [0.15, 0.2) is 17.7 Å². The lowest BCUT2D eigenvalue weighted by Gasteiger charge is -2.36. The maximum Gasteiger partial charge on any atom is 0.490 e. The number of fused-ring (bicyclic) bond motifs is 1. The fourth-order valence-electron chi connectivity index (χ4n) is 3.47. The molecule has 6 atom stereocenters. The summed E-state index contributed by atoms with van der Waals surface area (Å²) in [6.45, 7) is -2.51. The summed E-state index contributed by atoms with van der Waals surface area (Å²) in [6, 6.07) is 0. The molecule has 2 aromatic rings. The number of hydrogen-bond acceptors (Lipinski definition) is 13. The van der Waals surface area contributed by atoms with Crippen molar-refractivity contribution in [2.45, 2.75) is 30.0 Å². The molecule has 0 radical (unpaired) electrons. The summed E-state index contributed by atoms with van der Waals surface area (Å²) in [5.74, 6) is 1.84. The van der Waals surface area contributed by atoms with E-state index in [4.69, 9.17) is 26.7 Å². The summed E-state index contributed by atoms with van der Waals surface area (Å²) in [4.78, 5) is 47.8. The van der Waals surface area contributed by atoms with Gasteiger partial charge in [0.05, 0.1) is 19.6 Å². The number of ether oxygens (including phenoxy) is 1. The quantitative estimate of drug-likeness (QED) is 0.133. The minimum Gasteiger partial charge on any atom is -0.383 e. The van der Waals surface area contributed by atoms with E-state index in [9.17, 15) is 38.1 Å². The van der Waals surface area contributed by atoms with E-state index in [0.29, 0.717) is 0 Å². The molecule has 1 saturated heterocycles. The van der Waals surface area contributed by atoms with Crippen LogP contribution in [0.1, 0.15) is 12.6 Å². The van der Waals surface area contributed by atoms with Crippen LogP contribution >= 0.6 is 23.5 Å². The number of nitrogen functional groups attached to an aromatic ring is 1. The average Bonchev–Trinajstić information content (AvgIpc) is 3.23. The first-order valence-corrected chi connectivity index (χ1v) is 13.9. The van der Waals surface area contributed by atoms with Crippen molar-refractivity contribution in [3.05, 3.63) is 12.7 Å². The standard InChI is InChI=1S/C14H19FN5O13P3/c1-2-13(21)12(20-7-19-9-10(16)17-6-18-11(9)20)31-8(14(13,22)3-4-15)5-30-35(26,27)33-36(28,29)32-34(23,24)25/h1,6-8,12,21-22H,3-5H2,(H,26,27)(H,28,29)(H2,16,17,18)(H2,23,24,25)/t8-,12-,13+,14-/m1/s1. The highest BCUT2D eigenvalue weighted by Gasteiger charge is 2.66. The number of aliphatic hydroxyl groups is 2. The maximum atomic E-state index is 13.4. The molecular weight excluding hydrogens is 558 g/mol. The topological polar surface area (TPSA) is 279 Å². The Bertz CT molecular complexity index is 1330. The molecule has 18 nitrogen and oxygen atoms in total. The first kappa shape index (κ1) is 28.7. The summed E-state index contributed by atoms with van der Waals surface area (Å²) in [5, 5.41) is 22.4. The van der Waals surface area contributed by atoms with Crippen molar-refractivity contribution in [2.75, 3.05) is 19.0 Å². The number of nitrogens with two attached hydrogens (primary N) is 1. The Labute approximate surface area is 200 Å². The fraction of sp³-hybridized carbons (Fsp3) is 0.500. The van der Waals surface area contributed by atoms with Crippen LogP contribution < -0.4 is 5.73 Å². The number of phosphoric acid groups is 3. The summed E-state index contributed by atoms with van der Waals surface area (Å²) >= 11 is 0. The van der Waals surface area contributed by atoms with Gasteiger partial charge < -0.3 is 40.3 Å². The average molecular weight is 577 g/mol. The number of rotatable bonds is 10. The zero-order chi connectivity index (χ0) is 27.2. The van der Waals surface area contributed by atoms with E-state index in [1.165, 1.54) is 0 Å². The predicted molar refractivity (Wildman–Crippen MR) is 113 cm³/mol. The molecule has 3 heterocycles. The predicted octanol–water partition coefficient (Wildman–Crippen LogP) is -0.896. The molecule has 0 spiro atoms. The SMILES string of the molecule is C#C[C@]1(O)[C@H](n2cnc3c(N)ncnc32)O[C@H](COP(=O)(O)OP(=O)(O)OP(=O)(O)O)[C@]1(O)CCF. The molecule has 2 unspecified atom stereocenters. The Balaban J connectivity index is 1.92. The van der Waals surface area contributed by atoms with Gasteiger partial charge in [0.1, 0.15) is 23.5 Å². The maximum absolute atomic E-state index is 13.4. The van der Waals surface area contributed by atoms with E-state index >= 15 is 0 Å². The monoisotopic (exact) mass is 577 g/mol.